The van der Waals surface area contributed by atoms with Crippen LogP contribution in [0.1, 0.15) is 35.2 Å². The number of halogens is 1. The van der Waals surface area contributed by atoms with Crippen LogP contribution in [-0.4, -0.2) is 11.9 Å². The quantitative estimate of drug-likeness (QED) is 0.716. The average molecular weight is 349 g/mol. The Morgan fingerprint density at radius 2 is 1.81 bits per heavy atom. The van der Waals surface area contributed by atoms with Crippen LogP contribution in [0.3, 0.4) is 0 Å². The first-order valence-corrected chi connectivity index (χ1v) is 8.90. The molecule has 0 aromatic heterocycles. The molecule has 0 aliphatic heterocycles. The van der Waals surface area contributed by atoms with Crippen molar-refractivity contribution in [1.29, 1.82) is 0 Å². The molecule has 0 unspecified atom stereocenters. The van der Waals surface area contributed by atoms with Gasteiger partial charge in [0, 0.05) is 11.4 Å². The zero-order valence-electron chi connectivity index (χ0n) is 14.4. The number of carbonyl (C=O) groups is 1. The molecule has 3 aromatic rings. The number of fused-ring (bicyclic) bond motifs is 1. The van der Waals surface area contributed by atoms with Gasteiger partial charge in [-0.15, -0.1) is 0 Å². The first kappa shape index (κ1) is 16.6. The molecule has 0 heterocycles. The zero-order chi connectivity index (χ0) is 17.9. The van der Waals surface area contributed by atoms with Gasteiger partial charge < -0.3 is 10.1 Å². The fraction of sp³-hybridized carbons (Fsp3) is 0.227. The number of hydrogen-bond acceptors (Lipinski definition) is 2. The smallest absolute Gasteiger partial charge is 0.255 e. The Hall–Kier alpha value is -2.88. The van der Waals surface area contributed by atoms with Gasteiger partial charge in [-0.05, 0) is 48.4 Å². The van der Waals surface area contributed by atoms with E-state index in [2.05, 4.69) is 5.32 Å². The number of carbonyl (C=O) groups excluding carboxylic acids is 1. The third kappa shape index (κ3) is 3.40. The molecule has 1 saturated carbocycles. The molecule has 4 rings (SSSR count). The summed E-state index contributed by atoms with van der Waals surface area (Å²) in [6.45, 7) is 0.276. The van der Waals surface area contributed by atoms with Crippen molar-refractivity contribution in [2.45, 2.75) is 31.9 Å². The van der Waals surface area contributed by atoms with Crippen LogP contribution < -0.4 is 10.1 Å². The Labute approximate surface area is 151 Å². The number of hydrogen-bond donors (Lipinski definition) is 1. The van der Waals surface area contributed by atoms with Crippen LogP contribution in [-0.2, 0) is 6.61 Å². The fourth-order valence-electron chi connectivity index (χ4n) is 3.13. The zero-order valence-corrected chi connectivity index (χ0v) is 14.4. The monoisotopic (exact) mass is 349 g/mol. The van der Waals surface area contributed by atoms with Gasteiger partial charge in [0.1, 0.15) is 18.2 Å². The summed E-state index contributed by atoms with van der Waals surface area (Å²) in [5.41, 5.74) is 1.39. The SMILES string of the molecule is O=C(NC1CCC1)c1ccc2ccccc2c1OCc1ccc(F)cc1. The maximum absolute atomic E-state index is 13.1. The second-order valence-electron chi connectivity index (χ2n) is 6.68. The van der Waals surface area contributed by atoms with Crippen LogP contribution >= 0.6 is 0 Å². The van der Waals surface area contributed by atoms with E-state index >= 15 is 0 Å². The summed E-state index contributed by atoms with van der Waals surface area (Å²) in [5, 5.41) is 4.99. The maximum atomic E-state index is 13.1. The molecule has 132 valence electrons. The van der Waals surface area contributed by atoms with Gasteiger partial charge in [0.25, 0.3) is 5.91 Å². The van der Waals surface area contributed by atoms with Crippen molar-refractivity contribution in [3.63, 3.8) is 0 Å². The Balaban J connectivity index is 1.65. The number of benzene rings is 3. The Morgan fingerprint density at radius 1 is 1.04 bits per heavy atom. The van der Waals surface area contributed by atoms with E-state index in [9.17, 15) is 9.18 Å². The van der Waals surface area contributed by atoms with Crippen LogP contribution in [0.4, 0.5) is 4.39 Å². The van der Waals surface area contributed by atoms with Crippen molar-refractivity contribution in [2.24, 2.45) is 0 Å². The molecule has 0 spiro atoms. The van der Waals surface area contributed by atoms with Crippen molar-refractivity contribution in [3.05, 3.63) is 77.6 Å². The van der Waals surface area contributed by atoms with Gasteiger partial charge in [-0.25, -0.2) is 4.39 Å². The fourth-order valence-corrected chi connectivity index (χ4v) is 3.13. The van der Waals surface area contributed by atoms with Gasteiger partial charge >= 0.3 is 0 Å². The molecular formula is C22H20FNO2. The number of nitrogens with one attached hydrogen (secondary N) is 1. The molecule has 0 atom stereocenters. The molecule has 0 bridgehead atoms. The van der Waals surface area contributed by atoms with E-state index in [4.69, 9.17) is 4.74 Å². The standard InChI is InChI=1S/C22H20FNO2/c23-17-11-8-15(9-12-17)14-26-21-19-7-2-1-4-16(19)10-13-20(21)22(25)24-18-5-3-6-18/h1-2,4,7-13,18H,3,5-6,14H2,(H,24,25). The number of ether oxygens (including phenoxy) is 1. The van der Waals surface area contributed by atoms with E-state index in [1.807, 2.05) is 36.4 Å². The molecule has 1 aliphatic carbocycles. The van der Waals surface area contributed by atoms with Gasteiger partial charge in [-0.3, -0.25) is 4.79 Å². The molecular weight excluding hydrogens is 329 g/mol. The molecule has 26 heavy (non-hydrogen) atoms. The van der Waals surface area contributed by atoms with E-state index in [1.54, 1.807) is 12.1 Å². The normalized spacial score (nSPS) is 14.0. The summed E-state index contributed by atoms with van der Waals surface area (Å²) >= 11 is 0. The lowest BCUT2D eigenvalue weighted by molar-refractivity contribution is 0.0912. The summed E-state index contributed by atoms with van der Waals surface area (Å²) in [4.78, 5) is 12.7. The molecule has 1 fully saturated rings. The minimum atomic E-state index is -0.278. The highest BCUT2D eigenvalue weighted by molar-refractivity contribution is 6.04. The highest BCUT2D eigenvalue weighted by Gasteiger charge is 2.23. The van der Waals surface area contributed by atoms with Crippen molar-refractivity contribution >= 4 is 16.7 Å². The van der Waals surface area contributed by atoms with E-state index < -0.39 is 0 Å². The highest BCUT2D eigenvalue weighted by Crippen LogP contribution is 2.31. The average Bonchev–Trinajstić information content (AvgIpc) is 2.63. The first-order chi connectivity index (χ1) is 12.7. The van der Waals surface area contributed by atoms with E-state index in [0.717, 1.165) is 35.6 Å². The minimum absolute atomic E-state index is 0.102. The molecule has 0 saturated heterocycles. The van der Waals surface area contributed by atoms with E-state index in [1.165, 1.54) is 12.1 Å². The molecule has 3 nitrogen and oxygen atoms in total. The van der Waals surface area contributed by atoms with Gasteiger partial charge in [0.05, 0.1) is 5.56 Å². The molecule has 3 aromatic carbocycles. The number of amides is 1. The molecule has 1 aliphatic rings. The predicted molar refractivity (Wildman–Crippen MR) is 99.8 cm³/mol. The lowest BCUT2D eigenvalue weighted by Gasteiger charge is -2.27. The molecule has 4 heteroatoms. The largest absolute Gasteiger partial charge is 0.487 e. The van der Waals surface area contributed by atoms with Gasteiger partial charge in [0.2, 0.25) is 0 Å². The van der Waals surface area contributed by atoms with Crippen LogP contribution in [0.25, 0.3) is 10.8 Å². The van der Waals surface area contributed by atoms with Gasteiger partial charge in [-0.2, -0.15) is 0 Å². The Bertz CT molecular complexity index is 933. The van der Waals surface area contributed by atoms with Gasteiger partial charge in [-0.1, -0.05) is 42.5 Å². The number of rotatable bonds is 5. The van der Waals surface area contributed by atoms with Crippen molar-refractivity contribution in [3.8, 4) is 5.75 Å². The second-order valence-corrected chi connectivity index (χ2v) is 6.68. The Morgan fingerprint density at radius 3 is 2.54 bits per heavy atom. The Kier molecular flexibility index (Phi) is 4.57. The van der Waals surface area contributed by atoms with Crippen LogP contribution in [0.2, 0.25) is 0 Å². The topological polar surface area (TPSA) is 38.3 Å². The summed E-state index contributed by atoms with van der Waals surface area (Å²) in [7, 11) is 0. The van der Waals surface area contributed by atoms with Crippen molar-refractivity contribution < 1.29 is 13.9 Å². The van der Waals surface area contributed by atoms with Crippen LogP contribution in [0, 0.1) is 5.82 Å². The van der Waals surface area contributed by atoms with Crippen LogP contribution in [0.5, 0.6) is 5.75 Å². The third-order valence-electron chi connectivity index (χ3n) is 4.86. The van der Waals surface area contributed by atoms with Crippen molar-refractivity contribution in [1.82, 2.24) is 5.32 Å². The third-order valence-corrected chi connectivity index (χ3v) is 4.86. The van der Waals surface area contributed by atoms with Gasteiger partial charge in [0.15, 0.2) is 0 Å². The van der Waals surface area contributed by atoms with E-state index in [0.29, 0.717) is 11.3 Å². The minimum Gasteiger partial charge on any atom is -0.487 e. The second kappa shape index (κ2) is 7.16. The summed E-state index contributed by atoms with van der Waals surface area (Å²) < 4.78 is 19.1. The summed E-state index contributed by atoms with van der Waals surface area (Å²) in [5.74, 6) is 0.193. The van der Waals surface area contributed by atoms with Crippen molar-refractivity contribution in [2.75, 3.05) is 0 Å². The highest BCUT2D eigenvalue weighted by atomic mass is 19.1. The maximum Gasteiger partial charge on any atom is 0.255 e. The molecule has 0 radical (unpaired) electrons. The lowest BCUT2D eigenvalue weighted by Crippen LogP contribution is -2.39. The summed E-state index contributed by atoms with van der Waals surface area (Å²) in [6.07, 6.45) is 3.23. The summed E-state index contributed by atoms with van der Waals surface area (Å²) in [6, 6.07) is 18.1. The molecule has 1 amide bonds. The van der Waals surface area contributed by atoms with E-state index in [-0.39, 0.29) is 24.4 Å². The lowest BCUT2D eigenvalue weighted by atomic mass is 9.92. The first-order valence-electron chi connectivity index (χ1n) is 8.90. The predicted octanol–water partition coefficient (Wildman–Crippen LogP) is 4.84. The molecule has 1 N–H and O–H groups in total. The van der Waals surface area contributed by atoms with Crippen LogP contribution in [0.15, 0.2) is 60.7 Å².